The van der Waals surface area contributed by atoms with Gasteiger partial charge in [0.25, 0.3) is 5.91 Å². The lowest BCUT2D eigenvalue weighted by Gasteiger charge is -2.37. The molecule has 32 heavy (non-hydrogen) atoms. The number of aryl methyl sites for hydroxylation is 1. The number of imidazole rings is 1. The standard InChI is InChI=1S/C24H26N4O4/c1-2-22-25-17-7-3-4-8-18(17)28(22)15-23(29)26-11-13-27(14-12-26)24(30)21-16-31-19-9-5-6-10-20(19)32-21/h3-10,21H,2,11-16H2,1H3. The fraction of sp³-hybridized carbons (Fsp3) is 0.375. The molecule has 1 saturated heterocycles. The number of carbonyl (C=O) groups is 2. The largest absolute Gasteiger partial charge is 0.485 e. The van der Waals surface area contributed by atoms with Gasteiger partial charge in [-0.2, -0.15) is 0 Å². The summed E-state index contributed by atoms with van der Waals surface area (Å²) in [6.45, 7) is 4.47. The molecule has 5 rings (SSSR count). The zero-order valence-corrected chi connectivity index (χ0v) is 18.1. The Balaban J connectivity index is 1.20. The molecular formula is C24H26N4O4. The topological polar surface area (TPSA) is 76.9 Å². The first-order valence-corrected chi connectivity index (χ1v) is 11.0. The first kappa shape index (κ1) is 20.4. The Morgan fingerprint density at radius 3 is 2.44 bits per heavy atom. The molecule has 0 spiro atoms. The van der Waals surface area contributed by atoms with Gasteiger partial charge in [0.15, 0.2) is 11.5 Å². The molecule has 3 aromatic rings. The summed E-state index contributed by atoms with van der Waals surface area (Å²) in [5.74, 6) is 2.10. The maximum Gasteiger partial charge on any atom is 0.267 e. The monoisotopic (exact) mass is 434 g/mol. The molecule has 0 radical (unpaired) electrons. The molecule has 2 aromatic carbocycles. The smallest absolute Gasteiger partial charge is 0.267 e. The van der Waals surface area contributed by atoms with E-state index in [0.29, 0.717) is 37.7 Å². The summed E-state index contributed by atoms with van der Waals surface area (Å²) in [4.78, 5) is 34.2. The van der Waals surface area contributed by atoms with Gasteiger partial charge in [0, 0.05) is 32.6 Å². The molecule has 0 N–H and O–H groups in total. The number of nitrogens with zero attached hydrogens (tertiary/aromatic N) is 4. The molecule has 166 valence electrons. The van der Waals surface area contributed by atoms with Gasteiger partial charge in [-0.15, -0.1) is 0 Å². The quantitative estimate of drug-likeness (QED) is 0.629. The van der Waals surface area contributed by atoms with Gasteiger partial charge < -0.3 is 23.8 Å². The third-order valence-electron chi connectivity index (χ3n) is 6.07. The maximum atomic E-state index is 13.0. The Bertz CT molecular complexity index is 1150. The minimum Gasteiger partial charge on any atom is -0.485 e. The zero-order chi connectivity index (χ0) is 22.1. The first-order valence-electron chi connectivity index (χ1n) is 11.0. The van der Waals surface area contributed by atoms with E-state index in [4.69, 9.17) is 9.47 Å². The molecule has 2 aliphatic heterocycles. The van der Waals surface area contributed by atoms with E-state index in [1.807, 2.05) is 58.9 Å². The predicted molar refractivity (Wildman–Crippen MR) is 119 cm³/mol. The van der Waals surface area contributed by atoms with E-state index < -0.39 is 6.10 Å². The fourth-order valence-corrected chi connectivity index (χ4v) is 4.33. The minimum atomic E-state index is -0.656. The molecule has 1 aromatic heterocycles. The van der Waals surface area contributed by atoms with Crippen LogP contribution in [0.1, 0.15) is 12.7 Å². The van der Waals surface area contributed by atoms with Crippen molar-refractivity contribution in [3.8, 4) is 11.5 Å². The summed E-state index contributed by atoms with van der Waals surface area (Å²) in [7, 11) is 0. The van der Waals surface area contributed by atoms with Crippen LogP contribution < -0.4 is 9.47 Å². The van der Waals surface area contributed by atoms with E-state index in [1.165, 1.54) is 0 Å². The Morgan fingerprint density at radius 1 is 0.969 bits per heavy atom. The Kier molecular flexibility index (Phi) is 5.43. The number of hydrogen-bond donors (Lipinski definition) is 0. The number of para-hydroxylation sites is 4. The number of hydrogen-bond acceptors (Lipinski definition) is 5. The Labute approximate surface area is 186 Å². The van der Waals surface area contributed by atoms with Gasteiger partial charge in [-0.05, 0) is 24.3 Å². The lowest BCUT2D eigenvalue weighted by atomic mass is 10.2. The number of amides is 2. The summed E-state index contributed by atoms with van der Waals surface area (Å²) >= 11 is 0. The second kappa shape index (κ2) is 8.53. The van der Waals surface area contributed by atoms with Crippen LogP contribution in [0.25, 0.3) is 11.0 Å². The van der Waals surface area contributed by atoms with E-state index in [-0.39, 0.29) is 25.0 Å². The second-order valence-electron chi connectivity index (χ2n) is 8.03. The summed E-state index contributed by atoms with van der Waals surface area (Å²) in [5, 5.41) is 0. The van der Waals surface area contributed by atoms with Crippen molar-refractivity contribution in [3.05, 3.63) is 54.4 Å². The van der Waals surface area contributed by atoms with E-state index in [9.17, 15) is 9.59 Å². The molecule has 1 atom stereocenters. The van der Waals surface area contributed by atoms with Crippen molar-refractivity contribution in [2.45, 2.75) is 26.0 Å². The van der Waals surface area contributed by atoms with E-state index in [0.717, 1.165) is 23.3 Å². The number of ether oxygens (including phenoxy) is 2. The average molecular weight is 434 g/mol. The van der Waals surface area contributed by atoms with Crippen LogP contribution in [0.3, 0.4) is 0 Å². The number of rotatable bonds is 4. The summed E-state index contributed by atoms with van der Waals surface area (Å²) in [6.07, 6.45) is 0.105. The third kappa shape index (κ3) is 3.77. The summed E-state index contributed by atoms with van der Waals surface area (Å²) < 4.78 is 13.5. The molecule has 8 heteroatoms. The number of aromatic nitrogens is 2. The molecule has 1 unspecified atom stereocenters. The van der Waals surface area contributed by atoms with Gasteiger partial charge in [-0.1, -0.05) is 31.2 Å². The Hall–Kier alpha value is -3.55. The third-order valence-corrected chi connectivity index (χ3v) is 6.07. The predicted octanol–water partition coefficient (Wildman–Crippen LogP) is 2.11. The number of carbonyl (C=O) groups excluding carboxylic acids is 2. The lowest BCUT2D eigenvalue weighted by molar-refractivity contribution is -0.146. The highest BCUT2D eigenvalue weighted by atomic mass is 16.6. The molecule has 3 heterocycles. The molecule has 2 amide bonds. The van der Waals surface area contributed by atoms with Crippen LogP contribution in [0.4, 0.5) is 0 Å². The number of benzene rings is 2. The molecule has 0 saturated carbocycles. The van der Waals surface area contributed by atoms with Gasteiger partial charge >= 0.3 is 0 Å². The van der Waals surface area contributed by atoms with Crippen molar-refractivity contribution in [1.29, 1.82) is 0 Å². The van der Waals surface area contributed by atoms with E-state index in [1.54, 1.807) is 11.0 Å². The molecular weight excluding hydrogens is 408 g/mol. The first-order chi connectivity index (χ1) is 15.6. The molecule has 8 nitrogen and oxygen atoms in total. The molecule has 0 aliphatic carbocycles. The highest BCUT2D eigenvalue weighted by Crippen LogP contribution is 2.31. The van der Waals surface area contributed by atoms with E-state index in [2.05, 4.69) is 4.98 Å². The molecule has 1 fully saturated rings. The van der Waals surface area contributed by atoms with Crippen LogP contribution >= 0.6 is 0 Å². The van der Waals surface area contributed by atoms with Crippen molar-refractivity contribution in [2.24, 2.45) is 0 Å². The van der Waals surface area contributed by atoms with Crippen LogP contribution in [0.5, 0.6) is 11.5 Å². The van der Waals surface area contributed by atoms with Crippen LogP contribution in [-0.4, -0.2) is 70.1 Å². The van der Waals surface area contributed by atoms with Gasteiger partial charge in [0.1, 0.15) is 19.0 Å². The van der Waals surface area contributed by atoms with Gasteiger partial charge in [-0.3, -0.25) is 9.59 Å². The lowest BCUT2D eigenvalue weighted by Crippen LogP contribution is -2.55. The summed E-state index contributed by atoms with van der Waals surface area (Å²) in [6, 6.07) is 15.2. The Morgan fingerprint density at radius 2 is 1.66 bits per heavy atom. The van der Waals surface area contributed by atoms with Crippen molar-refractivity contribution in [3.63, 3.8) is 0 Å². The zero-order valence-electron chi connectivity index (χ0n) is 18.1. The maximum absolute atomic E-state index is 13.0. The second-order valence-corrected chi connectivity index (χ2v) is 8.03. The van der Waals surface area contributed by atoms with Crippen LogP contribution in [0.15, 0.2) is 48.5 Å². The minimum absolute atomic E-state index is 0.0427. The SMILES string of the molecule is CCc1nc2ccccc2n1CC(=O)N1CCN(C(=O)C2COc3ccccc3O2)CC1. The normalized spacial score (nSPS) is 18.1. The van der Waals surface area contributed by atoms with Gasteiger partial charge in [0.05, 0.1) is 11.0 Å². The fourth-order valence-electron chi connectivity index (χ4n) is 4.33. The number of piperazine rings is 1. The van der Waals surface area contributed by atoms with E-state index >= 15 is 0 Å². The average Bonchev–Trinajstić information content (AvgIpc) is 3.20. The summed E-state index contributed by atoms with van der Waals surface area (Å²) in [5.41, 5.74) is 1.88. The molecule has 0 bridgehead atoms. The number of fused-ring (bicyclic) bond motifs is 2. The van der Waals surface area contributed by atoms with Crippen LogP contribution in [0.2, 0.25) is 0 Å². The van der Waals surface area contributed by atoms with Gasteiger partial charge in [-0.25, -0.2) is 4.98 Å². The van der Waals surface area contributed by atoms with Crippen molar-refractivity contribution < 1.29 is 19.1 Å². The highest BCUT2D eigenvalue weighted by molar-refractivity contribution is 5.83. The molecule has 2 aliphatic rings. The highest BCUT2D eigenvalue weighted by Gasteiger charge is 2.33. The van der Waals surface area contributed by atoms with Gasteiger partial charge in [0.2, 0.25) is 12.0 Å². The van der Waals surface area contributed by atoms with Crippen molar-refractivity contribution >= 4 is 22.8 Å². The van der Waals surface area contributed by atoms with Crippen molar-refractivity contribution in [1.82, 2.24) is 19.4 Å². The van der Waals surface area contributed by atoms with Crippen LogP contribution in [0, 0.1) is 0 Å². The van der Waals surface area contributed by atoms with Crippen molar-refractivity contribution in [2.75, 3.05) is 32.8 Å². The van der Waals surface area contributed by atoms with Crippen LogP contribution in [-0.2, 0) is 22.6 Å².